The molecule has 0 fully saturated rings. The third kappa shape index (κ3) is 2.54. The zero-order valence-corrected chi connectivity index (χ0v) is 11.9. The number of phenolic OH excluding ortho intramolecular Hbond substituents is 1. The number of para-hydroxylation sites is 1. The normalized spacial score (nSPS) is 11.1. The number of hydrogen-bond acceptors (Lipinski definition) is 4. The number of amides is 1. The van der Waals surface area contributed by atoms with Crippen LogP contribution in [-0.2, 0) is 0 Å². The Morgan fingerprint density at radius 2 is 2.05 bits per heavy atom. The van der Waals surface area contributed by atoms with Gasteiger partial charge >= 0.3 is 0 Å². The molecule has 6 nitrogen and oxygen atoms in total. The highest BCUT2D eigenvalue weighted by Gasteiger charge is 2.15. The molecular weight excluding hydrogens is 280 g/mol. The van der Waals surface area contributed by atoms with Crippen molar-refractivity contribution < 1.29 is 9.90 Å². The minimum atomic E-state index is -0.358. The van der Waals surface area contributed by atoms with Gasteiger partial charge in [-0.15, -0.1) is 0 Å². The molecule has 0 saturated carbocycles. The van der Waals surface area contributed by atoms with Gasteiger partial charge in [0.15, 0.2) is 0 Å². The number of hydrazone groups is 1. The first-order valence-corrected chi connectivity index (χ1v) is 6.72. The van der Waals surface area contributed by atoms with E-state index in [9.17, 15) is 9.90 Å². The quantitative estimate of drug-likeness (QED) is 0.573. The van der Waals surface area contributed by atoms with Crippen LogP contribution in [0.1, 0.15) is 21.7 Å². The van der Waals surface area contributed by atoms with Gasteiger partial charge in [0.1, 0.15) is 17.1 Å². The standard InChI is InChI=1S/C16H14N4O2/c1-11-15(20-9-5-4-8-14(20)18-11)16(22)19-17-10-12-6-2-3-7-13(12)21/h2-10,21H,1H3,(H,19,22)/b17-10+. The van der Waals surface area contributed by atoms with E-state index in [1.54, 1.807) is 41.8 Å². The van der Waals surface area contributed by atoms with Gasteiger partial charge in [-0.2, -0.15) is 5.10 Å². The van der Waals surface area contributed by atoms with Gasteiger partial charge in [0.2, 0.25) is 0 Å². The first-order chi connectivity index (χ1) is 10.7. The third-order valence-electron chi connectivity index (χ3n) is 3.23. The van der Waals surface area contributed by atoms with Crippen LogP contribution in [0.2, 0.25) is 0 Å². The van der Waals surface area contributed by atoms with Crippen molar-refractivity contribution in [3.63, 3.8) is 0 Å². The van der Waals surface area contributed by atoms with E-state index in [1.807, 2.05) is 18.2 Å². The number of fused-ring (bicyclic) bond motifs is 1. The summed E-state index contributed by atoms with van der Waals surface area (Å²) in [5.74, 6) is -0.255. The van der Waals surface area contributed by atoms with Gasteiger partial charge in [0, 0.05) is 11.8 Å². The lowest BCUT2D eigenvalue weighted by molar-refractivity contribution is 0.0948. The van der Waals surface area contributed by atoms with Crippen LogP contribution in [0.3, 0.4) is 0 Å². The summed E-state index contributed by atoms with van der Waals surface area (Å²) in [6.07, 6.45) is 3.17. The molecule has 110 valence electrons. The highest BCUT2D eigenvalue weighted by molar-refractivity contribution is 5.95. The number of aryl methyl sites for hydroxylation is 1. The number of nitrogens with zero attached hydrogens (tertiary/aromatic N) is 3. The zero-order chi connectivity index (χ0) is 15.5. The number of pyridine rings is 1. The number of hydrogen-bond donors (Lipinski definition) is 2. The Bertz CT molecular complexity index is 867. The van der Waals surface area contributed by atoms with Crippen molar-refractivity contribution >= 4 is 17.8 Å². The lowest BCUT2D eigenvalue weighted by Crippen LogP contribution is -2.20. The highest BCUT2D eigenvalue weighted by atomic mass is 16.3. The molecule has 0 bridgehead atoms. The SMILES string of the molecule is Cc1nc2ccccn2c1C(=O)N/N=C/c1ccccc1O. The predicted molar refractivity (Wildman–Crippen MR) is 83.1 cm³/mol. The first kappa shape index (κ1) is 13.8. The maximum atomic E-state index is 12.3. The number of nitrogens with one attached hydrogen (secondary N) is 1. The molecule has 3 aromatic rings. The predicted octanol–water partition coefficient (Wildman–Crippen LogP) is 2.11. The Labute approximate surface area is 126 Å². The summed E-state index contributed by atoms with van der Waals surface area (Å²) in [5.41, 5.74) is 4.74. The van der Waals surface area contributed by atoms with Crippen molar-refractivity contribution in [1.29, 1.82) is 0 Å². The number of phenols is 1. The van der Waals surface area contributed by atoms with Crippen LogP contribution in [0.5, 0.6) is 5.75 Å². The number of benzene rings is 1. The van der Waals surface area contributed by atoms with Crippen LogP contribution >= 0.6 is 0 Å². The van der Waals surface area contributed by atoms with Crippen molar-refractivity contribution in [2.24, 2.45) is 5.10 Å². The number of imidazole rings is 1. The van der Waals surface area contributed by atoms with E-state index >= 15 is 0 Å². The van der Waals surface area contributed by atoms with Gasteiger partial charge in [-0.1, -0.05) is 18.2 Å². The van der Waals surface area contributed by atoms with Crippen LogP contribution in [0.4, 0.5) is 0 Å². The number of carbonyl (C=O) groups is 1. The summed E-state index contributed by atoms with van der Waals surface area (Å²) >= 11 is 0. The van der Waals surface area contributed by atoms with Gasteiger partial charge < -0.3 is 5.11 Å². The van der Waals surface area contributed by atoms with Crippen LogP contribution in [-0.4, -0.2) is 26.6 Å². The molecule has 0 aliphatic carbocycles. The largest absolute Gasteiger partial charge is 0.507 e. The second-order valence-electron chi connectivity index (χ2n) is 4.73. The summed E-state index contributed by atoms with van der Waals surface area (Å²) < 4.78 is 1.71. The summed E-state index contributed by atoms with van der Waals surface area (Å²) in [6.45, 7) is 1.77. The number of aromatic nitrogens is 2. The molecule has 1 aromatic carbocycles. The van der Waals surface area contributed by atoms with Gasteiger partial charge in [0.05, 0.1) is 11.9 Å². The van der Waals surface area contributed by atoms with E-state index < -0.39 is 0 Å². The molecule has 1 amide bonds. The molecule has 0 radical (unpaired) electrons. The molecule has 0 spiro atoms. The van der Waals surface area contributed by atoms with Crippen molar-refractivity contribution in [3.8, 4) is 5.75 Å². The molecule has 0 saturated heterocycles. The molecule has 2 aromatic heterocycles. The monoisotopic (exact) mass is 294 g/mol. The zero-order valence-electron chi connectivity index (χ0n) is 11.9. The van der Waals surface area contributed by atoms with Crippen LogP contribution in [0, 0.1) is 6.92 Å². The molecule has 22 heavy (non-hydrogen) atoms. The van der Waals surface area contributed by atoms with Gasteiger partial charge in [-0.05, 0) is 31.2 Å². The van der Waals surface area contributed by atoms with E-state index in [-0.39, 0.29) is 11.7 Å². The van der Waals surface area contributed by atoms with E-state index in [2.05, 4.69) is 15.5 Å². The van der Waals surface area contributed by atoms with E-state index in [4.69, 9.17) is 0 Å². The minimum Gasteiger partial charge on any atom is -0.507 e. The highest BCUT2D eigenvalue weighted by Crippen LogP contribution is 2.13. The second-order valence-corrected chi connectivity index (χ2v) is 4.73. The van der Waals surface area contributed by atoms with Crippen molar-refractivity contribution in [2.75, 3.05) is 0 Å². The summed E-state index contributed by atoms with van der Waals surface area (Å²) in [5, 5.41) is 13.5. The Balaban J connectivity index is 1.82. The molecule has 2 heterocycles. The van der Waals surface area contributed by atoms with E-state index in [1.165, 1.54) is 6.21 Å². The Morgan fingerprint density at radius 1 is 1.27 bits per heavy atom. The minimum absolute atomic E-state index is 0.103. The van der Waals surface area contributed by atoms with E-state index in [0.29, 0.717) is 22.6 Å². The molecule has 3 rings (SSSR count). The molecule has 2 N–H and O–H groups in total. The fourth-order valence-corrected chi connectivity index (χ4v) is 2.20. The molecule has 6 heteroatoms. The summed E-state index contributed by atoms with van der Waals surface area (Å²) in [6, 6.07) is 12.3. The van der Waals surface area contributed by atoms with E-state index in [0.717, 1.165) is 0 Å². The summed E-state index contributed by atoms with van der Waals surface area (Å²) in [4.78, 5) is 16.6. The van der Waals surface area contributed by atoms with Crippen LogP contribution in [0.15, 0.2) is 53.8 Å². The fraction of sp³-hybridized carbons (Fsp3) is 0.0625. The molecular formula is C16H14N4O2. The van der Waals surface area contributed by atoms with Crippen molar-refractivity contribution in [3.05, 3.63) is 65.6 Å². The van der Waals surface area contributed by atoms with Gasteiger partial charge in [-0.25, -0.2) is 10.4 Å². The summed E-state index contributed by atoms with van der Waals surface area (Å²) in [7, 11) is 0. The topological polar surface area (TPSA) is 79.0 Å². The lowest BCUT2D eigenvalue weighted by atomic mass is 10.2. The van der Waals surface area contributed by atoms with Crippen molar-refractivity contribution in [2.45, 2.75) is 6.92 Å². The van der Waals surface area contributed by atoms with Crippen LogP contribution in [0.25, 0.3) is 5.65 Å². The van der Waals surface area contributed by atoms with Crippen molar-refractivity contribution in [1.82, 2.24) is 14.8 Å². The molecule has 0 aliphatic rings. The van der Waals surface area contributed by atoms with Crippen LogP contribution < -0.4 is 5.43 Å². The lowest BCUT2D eigenvalue weighted by Gasteiger charge is -2.01. The smallest absolute Gasteiger partial charge is 0.290 e. The molecule has 0 unspecified atom stereocenters. The first-order valence-electron chi connectivity index (χ1n) is 6.72. The molecule has 0 aliphatic heterocycles. The maximum Gasteiger partial charge on any atom is 0.290 e. The fourth-order valence-electron chi connectivity index (χ4n) is 2.20. The van der Waals surface area contributed by atoms with Gasteiger partial charge in [0.25, 0.3) is 5.91 Å². The Kier molecular flexibility index (Phi) is 3.57. The Morgan fingerprint density at radius 3 is 2.86 bits per heavy atom. The number of rotatable bonds is 3. The second kappa shape index (κ2) is 5.69. The maximum absolute atomic E-state index is 12.3. The average Bonchev–Trinajstić information content (AvgIpc) is 2.85. The van der Waals surface area contributed by atoms with Gasteiger partial charge in [-0.3, -0.25) is 9.20 Å². The average molecular weight is 294 g/mol. The Hall–Kier alpha value is -3.15. The number of aromatic hydroxyl groups is 1. The molecule has 0 atom stereocenters. The number of carbonyl (C=O) groups excluding carboxylic acids is 1. The third-order valence-corrected chi connectivity index (χ3v) is 3.23.